The number of rotatable bonds is 6. The van der Waals surface area contributed by atoms with Crippen LogP contribution >= 0.6 is 0 Å². The van der Waals surface area contributed by atoms with Gasteiger partial charge in [0.1, 0.15) is 5.69 Å². The van der Waals surface area contributed by atoms with Gasteiger partial charge in [-0.15, -0.1) is 0 Å². The monoisotopic (exact) mass is 419 g/mol. The molecule has 0 spiro atoms. The predicted molar refractivity (Wildman–Crippen MR) is 109 cm³/mol. The normalized spacial score (nSPS) is 11.4. The van der Waals surface area contributed by atoms with Crippen molar-refractivity contribution >= 4 is 27.6 Å². The van der Waals surface area contributed by atoms with E-state index in [0.29, 0.717) is 5.69 Å². The molecule has 0 unspecified atom stereocenters. The van der Waals surface area contributed by atoms with Gasteiger partial charge in [0, 0.05) is 12.7 Å². The number of hydrogen-bond donors (Lipinski definition) is 3. The van der Waals surface area contributed by atoms with Gasteiger partial charge in [-0.3, -0.25) is 4.79 Å². The summed E-state index contributed by atoms with van der Waals surface area (Å²) in [6.45, 7) is 7.96. The van der Waals surface area contributed by atoms with Crippen molar-refractivity contribution in [2.45, 2.75) is 44.6 Å². The van der Waals surface area contributed by atoms with E-state index in [2.05, 4.69) is 20.6 Å². The van der Waals surface area contributed by atoms with Gasteiger partial charge in [-0.2, -0.15) is 8.42 Å². The number of nitrogens with one attached hydrogen (secondary N) is 3. The molecular formula is C19H25N5O4S. The molecule has 0 saturated carbocycles. The smallest absolute Gasteiger partial charge is 0.333 e. The summed E-state index contributed by atoms with van der Waals surface area (Å²) in [5.41, 5.74) is 2.35. The van der Waals surface area contributed by atoms with E-state index in [1.165, 1.54) is 7.05 Å². The number of sulfonamides is 1. The molecule has 0 bridgehead atoms. The van der Waals surface area contributed by atoms with E-state index in [1.54, 1.807) is 0 Å². The SMILES string of the molecule is CNC(=O)c1cnc(S(=O)(=O)NC(=O)Nc2c(C(C)C)cccc2C(C)C)cn1. The quantitative estimate of drug-likeness (QED) is 0.660. The number of aromatic nitrogens is 2. The van der Waals surface area contributed by atoms with Gasteiger partial charge in [-0.05, 0) is 23.0 Å². The maximum Gasteiger partial charge on any atom is 0.333 e. The first-order valence-electron chi connectivity index (χ1n) is 9.07. The maximum absolute atomic E-state index is 12.5. The Morgan fingerprint density at radius 1 is 0.966 bits per heavy atom. The van der Waals surface area contributed by atoms with E-state index in [9.17, 15) is 18.0 Å². The Morgan fingerprint density at radius 3 is 2.00 bits per heavy atom. The van der Waals surface area contributed by atoms with Crippen LogP contribution < -0.4 is 15.4 Å². The lowest BCUT2D eigenvalue weighted by molar-refractivity contribution is 0.0957. The lowest BCUT2D eigenvalue weighted by atomic mass is 9.93. The highest BCUT2D eigenvalue weighted by Crippen LogP contribution is 2.32. The molecule has 1 heterocycles. The molecule has 0 aliphatic heterocycles. The number of hydrogen-bond acceptors (Lipinski definition) is 6. The van der Waals surface area contributed by atoms with Crippen molar-refractivity contribution in [3.8, 4) is 0 Å². The standard InChI is InChI=1S/C19H25N5O4S/c1-11(2)13-7-6-8-14(12(3)4)17(13)23-19(26)24-29(27,28)16-10-21-15(9-22-16)18(25)20-5/h6-12H,1-5H3,(H,20,25)(H2,23,24,26). The van der Waals surface area contributed by atoms with Crippen molar-refractivity contribution in [3.05, 3.63) is 47.4 Å². The summed E-state index contributed by atoms with van der Waals surface area (Å²) in [5.74, 6) is -0.244. The molecule has 3 amide bonds. The van der Waals surface area contributed by atoms with E-state index in [1.807, 2.05) is 50.6 Å². The molecular weight excluding hydrogens is 394 g/mol. The highest BCUT2D eigenvalue weighted by Gasteiger charge is 2.22. The van der Waals surface area contributed by atoms with Crippen molar-refractivity contribution < 1.29 is 18.0 Å². The summed E-state index contributed by atoms with van der Waals surface area (Å²) in [7, 11) is -2.84. The van der Waals surface area contributed by atoms with Gasteiger partial charge in [-0.25, -0.2) is 19.5 Å². The van der Waals surface area contributed by atoms with Gasteiger partial charge in [-0.1, -0.05) is 45.9 Å². The Kier molecular flexibility index (Phi) is 6.91. The Morgan fingerprint density at radius 2 is 1.55 bits per heavy atom. The van der Waals surface area contributed by atoms with Crippen LogP contribution in [0.2, 0.25) is 0 Å². The van der Waals surface area contributed by atoms with Crippen molar-refractivity contribution in [2.24, 2.45) is 0 Å². The fourth-order valence-electron chi connectivity index (χ4n) is 2.71. The summed E-state index contributed by atoms with van der Waals surface area (Å²) in [4.78, 5) is 31.4. The van der Waals surface area contributed by atoms with Crippen LogP contribution in [-0.2, 0) is 10.0 Å². The number of benzene rings is 1. The van der Waals surface area contributed by atoms with Crippen LogP contribution in [0, 0.1) is 0 Å². The fourth-order valence-corrected chi connectivity index (χ4v) is 3.49. The lowest BCUT2D eigenvalue weighted by Gasteiger charge is -2.20. The van der Waals surface area contributed by atoms with Crippen molar-refractivity contribution in [1.82, 2.24) is 20.0 Å². The van der Waals surface area contributed by atoms with Crippen LogP contribution in [0.3, 0.4) is 0 Å². The molecule has 0 saturated heterocycles. The molecule has 0 radical (unpaired) electrons. The molecule has 0 fully saturated rings. The molecule has 10 heteroatoms. The topological polar surface area (TPSA) is 130 Å². The van der Waals surface area contributed by atoms with Gasteiger partial charge in [0.05, 0.1) is 12.4 Å². The van der Waals surface area contributed by atoms with Gasteiger partial charge in [0.25, 0.3) is 15.9 Å². The van der Waals surface area contributed by atoms with Gasteiger partial charge in [0.2, 0.25) is 0 Å². The molecule has 2 rings (SSSR count). The first-order chi connectivity index (χ1) is 13.6. The third kappa shape index (κ3) is 5.29. The number of anilines is 1. The van der Waals surface area contributed by atoms with Crippen molar-refractivity contribution in [3.63, 3.8) is 0 Å². The van der Waals surface area contributed by atoms with Crippen LogP contribution in [0.5, 0.6) is 0 Å². The zero-order chi connectivity index (χ0) is 21.8. The highest BCUT2D eigenvalue weighted by molar-refractivity contribution is 7.90. The second-order valence-corrected chi connectivity index (χ2v) is 8.63. The first kappa shape index (κ1) is 22.3. The number of amides is 3. The second kappa shape index (κ2) is 8.99. The van der Waals surface area contributed by atoms with E-state index in [-0.39, 0.29) is 17.5 Å². The summed E-state index contributed by atoms with van der Waals surface area (Å²) >= 11 is 0. The van der Waals surface area contributed by atoms with Crippen LogP contribution in [0.1, 0.15) is 61.1 Å². The van der Waals surface area contributed by atoms with Crippen LogP contribution in [0.15, 0.2) is 35.6 Å². The predicted octanol–water partition coefficient (Wildman–Crippen LogP) is 2.59. The molecule has 3 N–H and O–H groups in total. The average Bonchev–Trinajstić information content (AvgIpc) is 2.66. The van der Waals surface area contributed by atoms with Crippen molar-refractivity contribution in [2.75, 3.05) is 12.4 Å². The molecule has 156 valence electrons. The minimum Gasteiger partial charge on any atom is -0.354 e. The second-order valence-electron chi connectivity index (χ2n) is 7.00. The highest BCUT2D eigenvalue weighted by atomic mass is 32.2. The zero-order valence-corrected chi connectivity index (χ0v) is 17.8. The zero-order valence-electron chi connectivity index (χ0n) is 17.0. The first-order valence-corrected chi connectivity index (χ1v) is 10.6. The third-order valence-corrected chi connectivity index (χ3v) is 5.42. The van der Waals surface area contributed by atoms with E-state index >= 15 is 0 Å². The van der Waals surface area contributed by atoms with Crippen LogP contribution in [0.4, 0.5) is 10.5 Å². The van der Waals surface area contributed by atoms with Gasteiger partial charge >= 0.3 is 6.03 Å². The molecule has 0 aliphatic rings. The number of para-hydroxylation sites is 1. The Labute approximate surface area is 170 Å². The van der Waals surface area contributed by atoms with Gasteiger partial charge in [0.15, 0.2) is 5.03 Å². The van der Waals surface area contributed by atoms with Crippen molar-refractivity contribution in [1.29, 1.82) is 0 Å². The number of carbonyl (C=O) groups is 2. The molecule has 0 aliphatic carbocycles. The molecule has 0 atom stereocenters. The minimum atomic E-state index is -4.26. The largest absolute Gasteiger partial charge is 0.354 e. The lowest BCUT2D eigenvalue weighted by Crippen LogP contribution is -2.35. The number of carbonyl (C=O) groups excluding carboxylic acids is 2. The Bertz CT molecular complexity index is 976. The molecule has 2 aromatic rings. The maximum atomic E-state index is 12.5. The molecule has 29 heavy (non-hydrogen) atoms. The summed E-state index contributed by atoms with van der Waals surface area (Å²) in [5, 5.41) is 4.55. The Hall–Kier alpha value is -3.01. The molecule has 9 nitrogen and oxygen atoms in total. The van der Waals surface area contributed by atoms with Gasteiger partial charge < -0.3 is 10.6 Å². The van der Waals surface area contributed by atoms with Crippen LogP contribution in [-0.4, -0.2) is 37.4 Å². The fraction of sp³-hybridized carbons (Fsp3) is 0.368. The van der Waals surface area contributed by atoms with E-state index < -0.39 is 27.0 Å². The van der Waals surface area contributed by atoms with E-state index in [0.717, 1.165) is 23.5 Å². The third-order valence-electron chi connectivity index (χ3n) is 4.20. The Balaban J connectivity index is 2.26. The molecule has 1 aromatic heterocycles. The summed E-state index contributed by atoms with van der Waals surface area (Å²) in [6, 6.07) is 4.79. The number of urea groups is 1. The number of nitrogens with zero attached hydrogens (tertiary/aromatic N) is 2. The van der Waals surface area contributed by atoms with Crippen LogP contribution in [0.25, 0.3) is 0 Å². The summed E-state index contributed by atoms with van der Waals surface area (Å²) < 4.78 is 26.8. The van der Waals surface area contributed by atoms with E-state index in [4.69, 9.17) is 0 Å². The summed E-state index contributed by atoms with van der Waals surface area (Å²) in [6.07, 6.45) is 1.94. The molecule has 1 aromatic carbocycles. The minimum absolute atomic E-state index is 0.0386. The average molecular weight is 420 g/mol.